The largest absolute Gasteiger partial charge is 0.394 e. The van der Waals surface area contributed by atoms with Crippen LogP contribution in [-0.2, 0) is 4.79 Å². The van der Waals surface area contributed by atoms with E-state index in [4.69, 9.17) is 0 Å². The van der Waals surface area contributed by atoms with Crippen LogP contribution in [0.2, 0.25) is 0 Å². The molecule has 49 heavy (non-hydrogen) atoms. The quantitative estimate of drug-likeness (QED) is 0.0386. The maximum absolute atomic E-state index is 12.4. The van der Waals surface area contributed by atoms with Crippen LogP contribution >= 0.6 is 0 Å². The number of hydrogen-bond donors (Lipinski definition) is 4. The Morgan fingerprint density at radius 2 is 0.898 bits per heavy atom. The number of aliphatic hydroxyl groups excluding tert-OH is 3. The average Bonchev–Trinajstić information content (AvgIpc) is 3.11. The number of aliphatic hydroxyl groups is 3. The van der Waals surface area contributed by atoms with Crippen LogP contribution in [0.5, 0.6) is 0 Å². The molecule has 0 aromatic rings. The Bertz CT molecular complexity index is 805. The Balaban J connectivity index is 3.76. The van der Waals surface area contributed by atoms with Crippen LogP contribution in [0.4, 0.5) is 0 Å². The van der Waals surface area contributed by atoms with E-state index in [1.807, 2.05) is 12.2 Å². The van der Waals surface area contributed by atoms with E-state index in [0.717, 1.165) is 32.1 Å². The first-order chi connectivity index (χ1) is 24.1. The van der Waals surface area contributed by atoms with Crippen molar-refractivity contribution in [3.8, 4) is 0 Å². The number of nitrogens with one attached hydrogen (secondary N) is 1. The molecule has 0 rings (SSSR count). The van der Waals surface area contributed by atoms with Gasteiger partial charge in [0.15, 0.2) is 0 Å². The van der Waals surface area contributed by atoms with Crippen molar-refractivity contribution in [2.75, 3.05) is 6.61 Å². The fraction of sp³-hybridized carbons (Fsp3) is 0.795. The fourth-order valence-electron chi connectivity index (χ4n) is 6.07. The van der Waals surface area contributed by atoms with Gasteiger partial charge in [-0.3, -0.25) is 4.79 Å². The summed E-state index contributed by atoms with van der Waals surface area (Å²) in [5, 5.41) is 32.9. The zero-order valence-electron chi connectivity index (χ0n) is 32.3. The number of amides is 1. The van der Waals surface area contributed by atoms with Crippen molar-refractivity contribution in [1.29, 1.82) is 0 Å². The average molecular weight is 688 g/mol. The van der Waals surface area contributed by atoms with Gasteiger partial charge >= 0.3 is 0 Å². The Morgan fingerprint density at radius 1 is 0.510 bits per heavy atom. The van der Waals surface area contributed by atoms with Gasteiger partial charge in [-0.15, -0.1) is 0 Å². The molecule has 5 heteroatoms. The van der Waals surface area contributed by atoms with E-state index in [0.29, 0.717) is 0 Å². The Kier molecular flexibility index (Phi) is 37.8. The van der Waals surface area contributed by atoms with Gasteiger partial charge in [0.05, 0.1) is 18.8 Å². The Labute approximate surface area is 304 Å². The number of hydrogen-bond acceptors (Lipinski definition) is 4. The molecule has 5 nitrogen and oxygen atoms in total. The van der Waals surface area contributed by atoms with Crippen molar-refractivity contribution < 1.29 is 20.1 Å². The van der Waals surface area contributed by atoms with Crippen molar-refractivity contribution in [3.63, 3.8) is 0 Å². The molecular formula is C44H81NO4. The van der Waals surface area contributed by atoms with Gasteiger partial charge in [0, 0.05) is 6.42 Å². The van der Waals surface area contributed by atoms with Crippen LogP contribution < -0.4 is 5.32 Å². The lowest BCUT2D eigenvalue weighted by atomic mass is 10.0. The van der Waals surface area contributed by atoms with Crippen molar-refractivity contribution in [2.45, 2.75) is 218 Å². The van der Waals surface area contributed by atoms with Gasteiger partial charge in [0.25, 0.3) is 0 Å². The summed E-state index contributed by atoms with van der Waals surface area (Å²) < 4.78 is 0. The molecule has 4 N–H and O–H groups in total. The van der Waals surface area contributed by atoms with Crippen molar-refractivity contribution in [1.82, 2.24) is 5.32 Å². The molecule has 0 radical (unpaired) electrons. The molecular weight excluding hydrogens is 606 g/mol. The Hall–Kier alpha value is -1.69. The minimum atomic E-state index is -1.21. The molecule has 3 atom stereocenters. The maximum Gasteiger partial charge on any atom is 0.249 e. The summed E-state index contributed by atoms with van der Waals surface area (Å²) in [6.07, 6.45) is 50.2. The molecule has 0 saturated heterocycles. The molecule has 3 unspecified atom stereocenters. The number of unbranched alkanes of at least 4 members (excludes halogenated alkanes) is 24. The van der Waals surface area contributed by atoms with Crippen LogP contribution in [0.25, 0.3) is 0 Å². The van der Waals surface area contributed by atoms with E-state index >= 15 is 0 Å². The minimum absolute atomic E-state index is 0.201. The molecule has 0 aromatic heterocycles. The summed E-state index contributed by atoms with van der Waals surface area (Å²) in [5.41, 5.74) is 0. The highest BCUT2D eigenvalue weighted by Crippen LogP contribution is 2.15. The van der Waals surface area contributed by atoms with Gasteiger partial charge in [-0.05, 0) is 44.9 Å². The molecule has 0 heterocycles. The lowest BCUT2D eigenvalue weighted by Crippen LogP contribution is -2.48. The van der Waals surface area contributed by atoms with Crippen LogP contribution in [0.3, 0.4) is 0 Å². The van der Waals surface area contributed by atoms with Crippen LogP contribution in [0.1, 0.15) is 200 Å². The van der Waals surface area contributed by atoms with E-state index in [1.165, 1.54) is 148 Å². The molecule has 0 fully saturated rings. The van der Waals surface area contributed by atoms with E-state index in [-0.39, 0.29) is 6.42 Å². The summed E-state index contributed by atoms with van der Waals surface area (Å²) in [6, 6.07) is -0.845. The van der Waals surface area contributed by atoms with E-state index in [9.17, 15) is 20.1 Å². The molecule has 1 amide bonds. The smallest absolute Gasteiger partial charge is 0.249 e. The van der Waals surface area contributed by atoms with Gasteiger partial charge in [-0.1, -0.05) is 197 Å². The molecule has 0 aliphatic rings. The van der Waals surface area contributed by atoms with E-state index in [2.05, 4.69) is 43.5 Å². The molecule has 0 saturated carbocycles. The first-order valence-electron chi connectivity index (χ1n) is 21.0. The van der Waals surface area contributed by atoms with Crippen LogP contribution in [0, 0.1) is 0 Å². The van der Waals surface area contributed by atoms with Crippen molar-refractivity contribution in [2.24, 2.45) is 0 Å². The van der Waals surface area contributed by atoms with Crippen LogP contribution in [-0.4, -0.2) is 46.1 Å². The third kappa shape index (κ3) is 34.5. The lowest BCUT2D eigenvalue weighted by molar-refractivity contribution is -0.131. The molecule has 0 spiro atoms. The molecule has 0 aromatic carbocycles. The summed E-state index contributed by atoms with van der Waals surface area (Å²) in [5.74, 6) is -0.581. The first kappa shape index (κ1) is 47.3. The van der Waals surface area contributed by atoms with Gasteiger partial charge in [0.2, 0.25) is 5.91 Å². The third-order valence-electron chi connectivity index (χ3n) is 9.40. The predicted octanol–water partition coefficient (Wildman–Crippen LogP) is 11.8. The zero-order valence-corrected chi connectivity index (χ0v) is 32.3. The monoisotopic (exact) mass is 688 g/mol. The lowest BCUT2D eigenvalue weighted by Gasteiger charge is -2.21. The second-order valence-electron chi connectivity index (χ2n) is 14.2. The highest BCUT2D eigenvalue weighted by molar-refractivity contribution is 5.81. The zero-order chi connectivity index (χ0) is 35.9. The topological polar surface area (TPSA) is 89.8 Å². The SMILES string of the molecule is CCCCCCCC/C=C\C/C=C\CC(O)C(=O)NC(CO)C(O)/C=C/CC/C=C/CCCCCCCCCCCCCCCCCCC. The fourth-order valence-corrected chi connectivity index (χ4v) is 6.07. The second kappa shape index (κ2) is 39.1. The summed E-state index contributed by atoms with van der Waals surface area (Å²) in [6.45, 7) is 4.12. The molecule has 0 aliphatic heterocycles. The van der Waals surface area contributed by atoms with Gasteiger partial charge in [-0.25, -0.2) is 0 Å². The summed E-state index contributed by atoms with van der Waals surface area (Å²) in [7, 11) is 0. The van der Waals surface area contributed by atoms with Crippen LogP contribution in [0.15, 0.2) is 48.6 Å². The Morgan fingerprint density at radius 3 is 1.37 bits per heavy atom. The van der Waals surface area contributed by atoms with E-state index in [1.54, 1.807) is 12.2 Å². The van der Waals surface area contributed by atoms with Crippen molar-refractivity contribution >= 4 is 5.91 Å². The first-order valence-corrected chi connectivity index (χ1v) is 21.0. The normalized spacial score (nSPS) is 14.1. The number of rotatable bonds is 37. The van der Waals surface area contributed by atoms with Gasteiger partial charge < -0.3 is 20.6 Å². The highest BCUT2D eigenvalue weighted by Gasteiger charge is 2.22. The highest BCUT2D eigenvalue weighted by atomic mass is 16.3. The summed E-state index contributed by atoms with van der Waals surface area (Å²) >= 11 is 0. The second-order valence-corrected chi connectivity index (χ2v) is 14.2. The number of carbonyl (C=O) groups excluding carboxylic acids is 1. The third-order valence-corrected chi connectivity index (χ3v) is 9.40. The molecule has 286 valence electrons. The standard InChI is InChI=1S/C44H81NO4/c1-3-5-7-9-11-13-15-17-18-19-20-21-22-23-24-25-26-27-29-30-32-34-36-38-42(47)41(40-46)45-44(49)43(48)39-37-35-33-31-28-16-14-12-10-8-6-4-2/h28-31,35-38,41-43,46-48H,3-27,32-34,39-40H2,1-2H3,(H,45,49)/b30-29+,31-28-,37-35-,38-36+. The predicted molar refractivity (Wildman–Crippen MR) is 213 cm³/mol. The van der Waals surface area contributed by atoms with Gasteiger partial charge in [0.1, 0.15) is 6.10 Å². The molecule has 0 aliphatic carbocycles. The van der Waals surface area contributed by atoms with E-state index < -0.39 is 30.8 Å². The number of allylic oxidation sites excluding steroid dienone is 6. The molecule has 0 bridgehead atoms. The number of carbonyl (C=O) groups is 1. The maximum atomic E-state index is 12.4. The minimum Gasteiger partial charge on any atom is -0.394 e. The van der Waals surface area contributed by atoms with Crippen molar-refractivity contribution in [3.05, 3.63) is 48.6 Å². The van der Waals surface area contributed by atoms with Gasteiger partial charge in [-0.2, -0.15) is 0 Å². The summed E-state index contributed by atoms with van der Waals surface area (Å²) in [4.78, 5) is 12.4.